The Labute approximate surface area is 93.1 Å². The topological polar surface area (TPSA) is 66.4 Å². The highest BCUT2D eigenvalue weighted by molar-refractivity contribution is 7.98. The molecule has 1 rings (SSSR count). The summed E-state index contributed by atoms with van der Waals surface area (Å²) in [5, 5.41) is 11.5. The highest BCUT2D eigenvalue weighted by Crippen LogP contribution is 2.17. The summed E-state index contributed by atoms with van der Waals surface area (Å²) in [5.74, 6) is -0.488. The third-order valence-electron chi connectivity index (χ3n) is 2.28. The van der Waals surface area contributed by atoms with Crippen LogP contribution in [0.25, 0.3) is 0 Å². The molecule has 5 heteroatoms. The first-order chi connectivity index (χ1) is 7.13. The molecule has 15 heavy (non-hydrogen) atoms. The van der Waals surface area contributed by atoms with Crippen LogP contribution in [0.3, 0.4) is 0 Å². The van der Waals surface area contributed by atoms with Crippen molar-refractivity contribution < 1.29 is 14.7 Å². The second-order valence-electron chi connectivity index (χ2n) is 3.48. The average molecular weight is 229 g/mol. The maximum Gasteiger partial charge on any atom is 0.310 e. The first kappa shape index (κ1) is 12.1. The number of carbonyl (C=O) groups excluding carboxylic acids is 1. The van der Waals surface area contributed by atoms with E-state index in [9.17, 15) is 9.59 Å². The van der Waals surface area contributed by atoms with Crippen LogP contribution in [0.4, 0.5) is 0 Å². The Bertz CT molecular complexity index is 278. The smallest absolute Gasteiger partial charge is 0.310 e. The van der Waals surface area contributed by atoms with Crippen molar-refractivity contribution >= 4 is 23.6 Å². The number of carboxylic acids is 1. The lowest BCUT2D eigenvalue weighted by Crippen LogP contribution is -2.33. The van der Waals surface area contributed by atoms with Crippen molar-refractivity contribution in [3.63, 3.8) is 0 Å². The summed E-state index contributed by atoms with van der Waals surface area (Å²) in [6, 6.07) is -0.111. The van der Waals surface area contributed by atoms with Gasteiger partial charge in [0.15, 0.2) is 0 Å². The summed E-state index contributed by atoms with van der Waals surface area (Å²) in [7, 11) is 0. The summed E-state index contributed by atoms with van der Waals surface area (Å²) < 4.78 is 0. The van der Waals surface area contributed by atoms with Crippen molar-refractivity contribution in [2.24, 2.45) is 5.92 Å². The molecule has 84 valence electrons. The zero-order chi connectivity index (χ0) is 11.3. The predicted octanol–water partition coefficient (Wildman–Crippen LogP) is 0.885. The lowest BCUT2D eigenvalue weighted by molar-refractivity contribution is -0.140. The van der Waals surface area contributed by atoms with Gasteiger partial charge in [0.25, 0.3) is 0 Å². The van der Waals surface area contributed by atoms with Crippen molar-refractivity contribution in [2.45, 2.75) is 18.9 Å². The van der Waals surface area contributed by atoms with Gasteiger partial charge in [-0.25, -0.2) is 0 Å². The molecule has 2 atom stereocenters. The van der Waals surface area contributed by atoms with Gasteiger partial charge in [0, 0.05) is 18.2 Å². The summed E-state index contributed by atoms with van der Waals surface area (Å²) in [6.45, 7) is 0. The van der Waals surface area contributed by atoms with Gasteiger partial charge < -0.3 is 10.4 Å². The van der Waals surface area contributed by atoms with Crippen LogP contribution in [0, 0.1) is 5.92 Å². The largest absolute Gasteiger partial charge is 0.481 e. The third kappa shape index (κ3) is 3.95. The van der Waals surface area contributed by atoms with E-state index in [1.54, 1.807) is 23.9 Å². The van der Waals surface area contributed by atoms with Crippen LogP contribution in [0.15, 0.2) is 12.2 Å². The zero-order valence-electron chi connectivity index (χ0n) is 8.60. The SMILES string of the molecule is CSCCC(=O)NC1C=CC(C(=O)O)C1. The minimum Gasteiger partial charge on any atom is -0.481 e. The van der Waals surface area contributed by atoms with Crippen molar-refractivity contribution in [2.75, 3.05) is 12.0 Å². The molecule has 0 fully saturated rings. The van der Waals surface area contributed by atoms with Crippen molar-refractivity contribution in [1.82, 2.24) is 5.32 Å². The van der Waals surface area contributed by atoms with E-state index in [4.69, 9.17) is 5.11 Å². The molecular weight excluding hydrogens is 214 g/mol. The van der Waals surface area contributed by atoms with Crippen molar-refractivity contribution in [1.29, 1.82) is 0 Å². The van der Waals surface area contributed by atoms with Crippen LogP contribution in [-0.4, -0.2) is 35.0 Å². The van der Waals surface area contributed by atoms with Crippen LogP contribution in [-0.2, 0) is 9.59 Å². The Hall–Kier alpha value is -0.970. The van der Waals surface area contributed by atoms with E-state index >= 15 is 0 Å². The maximum absolute atomic E-state index is 11.3. The van der Waals surface area contributed by atoms with Gasteiger partial charge in [-0.15, -0.1) is 0 Å². The second kappa shape index (κ2) is 5.80. The molecule has 2 unspecified atom stereocenters. The van der Waals surface area contributed by atoms with E-state index in [1.807, 2.05) is 6.26 Å². The molecule has 0 aromatic carbocycles. The number of aliphatic carboxylic acids is 1. The highest BCUT2D eigenvalue weighted by atomic mass is 32.2. The first-order valence-electron chi connectivity index (χ1n) is 4.83. The first-order valence-corrected chi connectivity index (χ1v) is 6.22. The number of thioether (sulfide) groups is 1. The van der Waals surface area contributed by atoms with Gasteiger partial charge in [-0.3, -0.25) is 9.59 Å². The third-order valence-corrected chi connectivity index (χ3v) is 2.89. The zero-order valence-corrected chi connectivity index (χ0v) is 9.42. The molecule has 2 N–H and O–H groups in total. The van der Waals surface area contributed by atoms with Crippen LogP contribution in [0.1, 0.15) is 12.8 Å². The number of carboxylic acid groups (broad SMARTS) is 1. The van der Waals surface area contributed by atoms with E-state index in [0.717, 1.165) is 5.75 Å². The molecule has 1 aliphatic carbocycles. The van der Waals surface area contributed by atoms with E-state index in [0.29, 0.717) is 12.8 Å². The van der Waals surface area contributed by atoms with Gasteiger partial charge in [0.2, 0.25) is 5.91 Å². The Morgan fingerprint density at radius 2 is 2.27 bits per heavy atom. The lowest BCUT2D eigenvalue weighted by Gasteiger charge is -2.11. The van der Waals surface area contributed by atoms with Crippen LogP contribution in [0.2, 0.25) is 0 Å². The van der Waals surface area contributed by atoms with Gasteiger partial charge in [-0.2, -0.15) is 11.8 Å². The fourth-order valence-corrected chi connectivity index (χ4v) is 1.85. The van der Waals surface area contributed by atoms with Crippen molar-refractivity contribution in [3.8, 4) is 0 Å². The molecule has 0 bridgehead atoms. The van der Waals surface area contributed by atoms with Gasteiger partial charge >= 0.3 is 5.97 Å². The number of hydrogen-bond acceptors (Lipinski definition) is 3. The van der Waals surface area contributed by atoms with Crippen LogP contribution < -0.4 is 5.32 Å². The number of rotatable bonds is 5. The molecule has 0 saturated carbocycles. The molecule has 0 radical (unpaired) electrons. The quantitative estimate of drug-likeness (QED) is 0.687. The summed E-state index contributed by atoms with van der Waals surface area (Å²) in [6.07, 6.45) is 6.31. The molecule has 0 aromatic heterocycles. The average Bonchev–Trinajstić information content (AvgIpc) is 2.63. The molecule has 1 amide bonds. The fourth-order valence-electron chi connectivity index (χ4n) is 1.46. The van der Waals surface area contributed by atoms with E-state index < -0.39 is 11.9 Å². The minimum absolute atomic E-state index is 0.00922. The summed E-state index contributed by atoms with van der Waals surface area (Å²) in [5.41, 5.74) is 0. The highest BCUT2D eigenvalue weighted by Gasteiger charge is 2.24. The van der Waals surface area contributed by atoms with Gasteiger partial charge in [-0.05, 0) is 12.7 Å². The molecule has 0 aliphatic heterocycles. The number of carbonyl (C=O) groups is 2. The van der Waals surface area contributed by atoms with E-state index in [1.165, 1.54) is 0 Å². The van der Waals surface area contributed by atoms with Crippen molar-refractivity contribution in [3.05, 3.63) is 12.2 Å². The molecule has 1 aliphatic rings. The number of nitrogens with one attached hydrogen (secondary N) is 1. The number of amides is 1. The monoisotopic (exact) mass is 229 g/mol. The molecule has 0 heterocycles. The molecule has 4 nitrogen and oxygen atoms in total. The summed E-state index contributed by atoms with van der Waals surface area (Å²) >= 11 is 1.62. The molecule has 0 saturated heterocycles. The van der Waals surface area contributed by atoms with E-state index in [2.05, 4.69) is 5.32 Å². The van der Waals surface area contributed by atoms with Gasteiger partial charge in [-0.1, -0.05) is 12.2 Å². The maximum atomic E-state index is 11.3. The van der Waals surface area contributed by atoms with Gasteiger partial charge in [0.05, 0.1) is 5.92 Å². The Balaban J connectivity index is 2.27. The van der Waals surface area contributed by atoms with Crippen LogP contribution in [0.5, 0.6) is 0 Å². The van der Waals surface area contributed by atoms with Gasteiger partial charge in [0.1, 0.15) is 0 Å². The van der Waals surface area contributed by atoms with Crippen LogP contribution >= 0.6 is 11.8 Å². The summed E-state index contributed by atoms with van der Waals surface area (Å²) in [4.78, 5) is 22.0. The Morgan fingerprint density at radius 3 is 2.80 bits per heavy atom. The molecular formula is C10H15NO3S. The minimum atomic E-state index is -0.827. The normalized spacial score (nSPS) is 24.1. The molecule has 0 aromatic rings. The van der Waals surface area contributed by atoms with E-state index in [-0.39, 0.29) is 11.9 Å². The Morgan fingerprint density at radius 1 is 1.53 bits per heavy atom. The fraction of sp³-hybridized carbons (Fsp3) is 0.600. The standard InChI is InChI=1S/C10H15NO3S/c1-15-5-4-9(12)11-8-3-2-7(6-8)10(13)14/h2-3,7-8H,4-6H2,1H3,(H,11,12)(H,13,14). The number of hydrogen-bond donors (Lipinski definition) is 2. The Kier molecular flexibility index (Phi) is 4.68. The second-order valence-corrected chi connectivity index (χ2v) is 4.47. The predicted molar refractivity (Wildman–Crippen MR) is 59.8 cm³/mol. The molecule has 0 spiro atoms. The lowest BCUT2D eigenvalue weighted by atomic mass is 10.1.